The Kier molecular flexibility index (Phi) is 2.81. The average Bonchev–Trinajstić information content (AvgIpc) is 2.20. The molecule has 0 atom stereocenters. The summed E-state index contributed by atoms with van der Waals surface area (Å²) < 4.78 is 12.3. The maximum absolute atomic E-state index is 11.5. The van der Waals surface area contributed by atoms with Crippen LogP contribution in [0.4, 0.5) is 0 Å². The zero-order valence-electron chi connectivity index (χ0n) is 9.20. The SMILES string of the molecule is [2H]c1ccccc1/C(C(=O)OC)=C(\C)N. The van der Waals surface area contributed by atoms with E-state index in [1.54, 1.807) is 31.2 Å². The van der Waals surface area contributed by atoms with Crippen LogP contribution in [-0.2, 0) is 9.53 Å². The first-order chi connectivity index (χ1) is 7.07. The van der Waals surface area contributed by atoms with E-state index in [1.807, 2.05) is 0 Å². The van der Waals surface area contributed by atoms with E-state index in [2.05, 4.69) is 4.74 Å². The Balaban J connectivity index is 3.30. The van der Waals surface area contributed by atoms with Crippen molar-refractivity contribution in [3.8, 4) is 0 Å². The monoisotopic (exact) mass is 192 g/mol. The van der Waals surface area contributed by atoms with Crippen molar-refractivity contribution in [3.63, 3.8) is 0 Å². The van der Waals surface area contributed by atoms with Gasteiger partial charge in [0.15, 0.2) is 0 Å². The van der Waals surface area contributed by atoms with Crippen molar-refractivity contribution in [2.45, 2.75) is 6.92 Å². The summed E-state index contributed by atoms with van der Waals surface area (Å²) in [6, 6.07) is 7.00. The summed E-state index contributed by atoms with van der Waals surface area (Å²) >= 11 is 0. The third-order valence-electron chi connectivity index (χ3n) is 1.76. The molecule has 1 rings (SSSR count). The second kappa shape index (κ2) is 4.46. The summed E-state index contributed by atoms with van der Waals surface area (Å²) in [7, 11) is 1.29. The van der Waals surface area contributed by atoms with Gasteiger partial charge in [-0.05, 0) is 12.5 Å². The lowest BCUT2D eigenvalue weighted by Crippen LogP contribution is -2.09. The molecular formula is C11H13NO2. The fraction of sp³-hybridized carbons (Fsp3) is 0.182. The van der Waals surface area contributed by atoms with Crippen LogP contribution in [0.1, 0.15) is 13.9 Å². The highest BCUT2D eigenvalue weighted by atomic mass is 16.5. The molecule has 0 aliphatic rings. The van der Waals surface area contributed by atoms with Gasteiger partial charge in [0.2, 0.25) is 0 Å². The molecule has 2 N–H and O–H groups in total. The highest BCUT2D eigenvalue weighted by Crippen LogP contribution is 2.17. The molecule has 0 aromatic heterocycles. The second-order valence-corrected chi connectivity index (χ2v) is 2.83. The van der Waals surface area contributed by atoms with Gasteiger partial charge in [0.1, 0.15) is 0 Å². The first-order valence-electron chi connectivity index (χ1n) is 4.68. The molecule has 0 bridgehead atoms. The maximum atomic E-state index is 11.5. The van der Waals surface area contributed by atoms with Gasteiger partial charge in [-0.15, -0.1) is 0 Å². The number of carbonyl (C=O) groups is 1. The molecule has 14 heavy (non-hydrogen) atoms. The Bertz CT molecular complexity index is 409. The van der Waals surface area contributed by atoms with Crippen molar-refractivity contribution >= 4 is 11.5 Å². The summed E-state index contributed by atoms with van der Waals surface area (Å²) in [5.41, 5.74) is 6.70. The number of nitrogens with two attached hydrogens (primary N) is 1. The maximum Gasteiger partial charge on any atom is 0.340 e. The predicted molar refractivity (Wildman–Crippen MR) is 55.2 cm³/mol. The molecule has 0 fully saturated rings. The lowest BCUT2D eigenvalue weighted by Gasteiger charge is -2.06. The van der Waals surface area contributed by atoms with Gasteiger partial charge in [0.25, 0.3) is 0 Å². The van der Waals surface area contributed by atoms with Gasteiger partial charge in [-0.25, -0.2) is 4.79 Å². The standard InChI is InChI=1S/C11H13NO2/c1-8(12)10(11(13)14-2)9-6-4-3-5-7-9/h3-7H,12H2,1-2H3/b10-8-/i6D. The second-order valence-electron chi connectivity index (χ2n) is 2.83. The van der Waals surface area contributed by atoms with Gasteiger partial charge in [-0.1, -0.05) is 30.3 Å². The van der Waals surface area contributed by atoms with Crippen LogP contribution in [0.2, 0.25) is 0 Å². The molecule has 0 heterocycles. The van der Waals surface area contributed by atoms with E-state index in [9.17, 15) is 4.79 Å². The Labute approximate surface area is 84.6 Å². The normalized spacial score (nSPS) is 12.9. The molecule has 3 heteroatoms. The zero-order chi connectivity index (χ0) is 11.4. The van der Waals surface area contributed by atoms with Gasteiger partial charge in [0, 0.05) is 5.70 Å². The van der Waals surface area contributed by atoms with Crippen LogP contribution in [0, 0.1) is 0 Å². The number of rotatable bonds is 2. The lowest BCUT2D eigenvalue weighted by molar-refractivity contribution is -0.133. The predicted octanol–water partition coefficient (Wildman–Crippen LogP) is 1.55. The van der Waals surface area contributed by atoms with Gasteiger partial charge in [-0.2, -0.15) is 0 Å². The Morgan fingerprint density at radius 2 is 2.21 bits per heavy atom. The summed E-state index contributed by atoms with van der Waals surface area (Å²) in [4.78, 5) is 11.5. The van der Waals surface area contributed by atoms with E-state index in [-0.39, 0.29) is 11.6 Å². The summed E-state index contributed by atoms with van der Waals surface area (Å²) in [5, 5.41) is 0. The van der Waals surface area contributed by atoms with Crippen LogP contribution >= 0.6 is 0 Å². The van der Waals surface area contributed by atoms with Gasteiger partial charge < -0.3 is 10.5 Å². The molecular weight excluding hydrogens is 178 g/mol. The first kappa shape index (κ1) is 8.81. The minimum Gasteiger partial charge on any atom is -0.465 e. The largest absolute Gasteiger partial charge is 0.465 e. The van der Waals surface area contributed by atoms with Crippen molar-refractivity contribution in [2.75, 3.05) is 7.11 Å². The van der Waals surface area contributed by atoms with E-state index in [0.717, 1.165) is 0 Å². The topological polar surface area (TPSA) is 52.3 Å². The number of benzene rings is 1. The van der Waals surface area contributed by atoms with Gasteiger partial charge in [-0.3, -0.25) is 0 Å². The average molecular weight is 192 g/mol. The van der Waals surface area contributed by atoms with E-state index in [0.29, 0.717) is 11.3 Å². The summed E-state index contributed by atoms with van der Waals surface area (Å²) in [5.74, 6) is -0.519. The van der Waals surface area contributed by atoms with Crippen molar-refractivity contribution < 1.29 is 10.9 Å². The third kappa shape index (κ3) is 2.13. The Hall–Kier alpha value is -1.77. The zero-order valence-corrected chi connectivity index (χ0v) is 8.20. The smallest absolute Gasteiger partial charge is 0.340 e. The van der Waals surface area contributed by atoms with Crippen LogP contribution in [-0.4, -0.2) is 13.1 Å². The van der Waals surface area contributed by atoms with E-state index in [4.69, 9.17) is 7.10 Å². The van der Waals surface area contributed by atoms with E-state index in [1.165, 1.54) is 7.11 Å². The molecule has 3 nitrogen and oxygen atoms in total. The molecule has 0 saturated carbocycles. The third-order valence-corrected chi connectivity index (χ3v) is 1.76. The molecule has 0 aliphatic heterocycles. The first-order valence-corrected chi connectivity index (χ1v) is 4.18. The minimum atomic E-state index is -0.519. The van der Waals surface area contributed by atoms with Crippen LogP contribution < -0.4 is 5.73 Å². The fourth-order valence-corrected chi connectivity index (χ4v) is 1.13. The lowest BCUT2D eigenvalue weighted by atomic mass is 10.0. The van der Waals surface area contributed by atoms with Crippen LogP contribution in [0.5, 0.6) is 0 Å². The van der Waals surface area contributed by atoms with Crippen molar-refractivity contribution in [3.05, 3.63) is 41.6 Å². The number of hydrogen-bond acceptors (Lipinski definition) is 3. The number of carbonyl (C=O) groups excluding carboxylic acids is 1. The quantitative estimate of drug-likeness (QED) is 0.571. The van der Waals surface area contributed by atoms with Crippen molar-refractivity contribution in [2.24, 2.45) is 5.73 Å². The summed E-state index contributed by atoms with van der Waals surface area (Å²) in [6.45, 7) is 1.61. The van der Waals surface area contributed by atoms with Crippen molar-refractivity contribution in [1.82, 2.24) is 0 Å². The minimum absolute atomic E-state index is 0.253. The highest BCUT2D eigenvalue weighted by Gasteiger charge is 2.13. The molecule has 0 saturated heterocycles. The molecule has 0 aliphatic carbocycles. The number of hydrogen-bond donors (Lipinski definition) is 1. The number of esters is 1. The highest BCUT2D eigenvalue weighted by molar-refractivity contribution is 6.17. The van der Waals surface area contributed by atoms with Crippen LogP contribution in [0.25, 0.3) is 5.57 Å². The van der Waals surface area contributed by atoms with E-state index < -0.39 is 5.97 Å². The molecule has 1 aromatic rings. The number of ether oxygens (including phenoxy) is 1. The van der Waals surface area contributed by atoms with Gasteiger partial charge >= 0.3 is 5.97 Å². The molecule has 0 radical (unpaired) electrons. The fourth-order valence-electron chi connectivity index (χ4n) is 1.13. The van der Waals surface area contributed by atoms with E-state index >= 15 is 0 Å². The van der Waals surface area contributed by atoms with Gasteiger partial charge in [0.05, 0.1) is 14.1 Å². The van der Waals surface area contributed by atoms with Crippen LogP contribution in [0.15, 0.2) is 36.0 Å². The molecule has 0 amide bonds. The molecule has 1 aromatic carbocycles. The number of allylic oxidation sites excluding steroid dienone is 1. The molecule has 0 spiro atoms. The van der Waals surface area contributed by atoms with Crippen molar-refractivity contribution in [1.29, 1.82) is 0 Å². The molecule has 74 valence electrons. The summed E-state index contributed by atoms with van der Waals surface area (Å²) in [6.07, 6.45) is 0. The Morgan fingerprint density at radius 1 is 1.50 bits per heavy atom. The molecule has 0 unspecified atom stereocenters. The number of methoxy groups -OCH3 is 1. The van der Waals surface area contributed by atoms with Crippen LogP contribution in [0.3, 0.4) is 0 Å². The Morgan fingerprint density at radius 3 is 2.71 bits per heavy atom.